The number of amides is 3. The highest BCUT2D eigenvalue weighted by Crippen LogP contribution is 2.32. The van der Waals surface area contributed by atoms with Crippen LogP contribution in [0.2, 0.25) is 0 Å². The van der Waals surface area contributed by atoms with Crippen LogP contribution in [-0.4, -0.2) is 91.2 Å². The van der Waals surface area contributed by atoms with E-state index in [1.807, 2.05) is 13.8 Å². The summed E-state index contributed by atoms with van der Waals surface area (Å²) in [6.45, 7) is 13.7. The van der Waals surface area contributed by atoms with Crippen molar-refractivity contribution in [2.45, 2.75) is 142 Å². The van der Waals surface area contributed by atoms with Gasteiger partial charge in [0.25, 0.3) is 0 Å². The number of hydrogen-bond acceptors (Lipinski definition) is 9. The summed E-state index contributed by atoms with van der Waals surface area (Å²) in [4.78, 5) is 40.9. The second kappa shape index (κ2) is 25.1. The lowest BCUT2D eigenvalue weighted by Gasteiger charge is -2.39. The molecule has 12 nitrogen and oxygen atoms in total. The Morgan fingerprint density at radius 3 is 2.16 bits per heavy atom. The molecular formula is C32H65N5O7S. The molecule has 0 radical (unpaired) electrons. The number of hydrazine groups is 1. The van der Waals surface area contributed by atoms with Crippen molar-refractivity contribution >= 4 is 28.1 Å². The van der Waals surface area contributed by atoms with Gasteiger partial charge in [0, 0.05) is 20.6 Å². The molecule has 2 fully saturated rings. The van der Waals surface area contributed by atoms with Gasteiger partial charge in [-0.25, -0.2) is 23.9 Å². The zero-order valence-corrected chi connectivity index (χ0v) is 30.4. The first-order valence-corrected chi connectivity index (χ1v) is 18.3. The average Bonchev–Trinajstić information content (AvgIpc) is 3.50. The molecule has 1 heterocycles. The van der Waals surface area contributed by atoms with E-state index in [4.69, 9.17) is 5.26 Å². The van der Waals surface area contributed by atoms with E-state index in [9.17, 15) is 22.8 Å². The van der Waals surface area contributed by atoms with Crippen LogP contribution in [0, 0.1) is 0 Å². The van der Waals surface area contributed by atoms with Crippen molar-refractivity contribution in [3.63, 3.8) is 0 Å². The summed E-state index contributed by atoms with van der Waals surface area (Å²) in [5.41, 5.74) is 1.67. The fraction of sp³-hybridized carbons (Fsp3) is 0.844. The molecule has 2 rings (SSSR count). The Labute approximate surface area is 273 Å². The van der Waals surface area contributed by atoms with Gasteiger partial charge < -0.3 is 20.3 Å². The largest absolute Gasteiger partial charge is 0.332 e. The maximum atomic E-state index is 12.8. The standard InChI is InChI=1S/C19H33N3O5S.C9H18.C2H8N2O2.C2H6/c1-18(2,3)28(26,27)14-19(9-5-4-6-10-19)21-17(25)20-12-16(24)22-11-7-8-15(22)13-23;1-3-5-7-9-8-6-4-2;1-3-4(2)6-5;1-2/h13,15H,4-12,14H2,1-3H3,(H2,20,21,25);5,7H,3-4,6,8-9H2,1-2H3;3,5H,1-2H3;1-2H3/b;7-5-;;/t15-;;;/m0.../s1. The lowest BCUT2D eigenvalue weighted by Crippen LogP contribution is -2.59. The van der Waals surface area contributed by atoms with Gasteiger partial charge in [0.2, 0.25) is 5.91 Å². The number of hydroxylamine groups is 1. The molecule has 1 aliphatic carbocycles. The van der Waals surface area contributed by atoms with Crippen molar-refractivity contribution < 1.29 is 33.0 Å². The van der Waals surface area contributed by atoms with E-state index >= 15 is 0 Å². The van der Waals surface area contributed by atoms with Crippen LogP contribution in [0.4, 0.5) is 4.79 Å². The van der Waals surface area contributed by atoms with Crippen LogP contribution in [-0.2, 0) is 24.4 Å². The van der Waals surface area contributed by atoms with Gasteiger partial charge in [0.1, 0.15) is 6.29 Å². The van der Waals surface area contributed by atoms with E-state index in [1.54, 1.807) is 27.8 Å². The Bertz CT molecular complexity index is 929. The van der Waals surface area contributed by atoms with Crippen molar-refractivity contribution in [1.82, 2.24) is 26.1 Å². The topological polar surface area (TPSA) is 157 Å². The molecule has 0 aromatic heterocycles. The number of nitrogens with zero attached hydrogens (tertiary/aromatic N) is 2. The molecule has 0 aromatic rings. The third-order valence-electron chi connectivity index (χ3n) is 7.58. The van der Waals surface area contributed by atoms with E-state index in [2.05, 4.69) is 47.0 Å². The summed E-state index contributed by atoms with van der Waals surface area (Å²) in [5.74, 6) is -0.408. The number of rotatable bonds is 13. The Kier molecular flexibility index (Phi) is 25.1. The van der Waals surface area contributed by atoms with Gasteiger partial charge in [-0.1, -0.05) is 77.1 Å². The quantitative estimate of drug-likeness (QED) is 0.0665. The maximum Gasteiger partial charge on any atom is 0.315 e. The molecule has 45 heavy (non-hydrogen) atoms. The Hall–Kier alpha value is -2.06. The van der Waals surface area contributed by atoms with E-state index in [-0.39, 0.29) is 18.2 Å². The number of carbonyl (C=O) groups is 3. The third-order valence-corrected chi connectivity index (χ3v) is 10.4. The lowest BCUT2D eigenvalue weighted by atomic mass is 9.83. The SMILES string of the molecule is CC.CC(C)(C)S(=O)(=O)CC1(NC(=O)NCC(=O)N2CCC[C@H]2C=O)CCCCC1.CC/C=C\CCCCC.CNN(C)OO. The van der Waals surface area contributed by atoms with E-state index < -0.39 is 32.2 Å². The molecule has 0 bridgehead atoms. The number of allylic oxidation sites excluding steroid dienone is 2. The molecule has 1 saturated carbocycles. The maximum absolute atomic E-state index is 12.8. The summed E-state index contributed by atoms with van der Waals surface area (Å²) in [6, 6.07) is -0.958. The minimum Gasteiger partial charge on any atom is -0.332 e. The van der Waals surface area contributed by atoms with E-state index in [0.717, 1.165) is 37.1 Å². The highest BCUT2D eigenvalue weighted by molar-refractivity contribution is 7.92. The van der Waals surface area contributed by atoms with Crippen LogP contribution in [0.25, 0.3) is 0 Å². The normalized spacial score (nSPS) is 17.7. The Balaban J connectivity index is 0. The number of urea groups is 1. The molecule has 266 valence electrons. The second-order valence-corrected chi connectivity index (χ2v) is 14.9. The summed E-state index contributed by atoms with van der Waals surface area (Å²) < 4.78 is 24.6. The Morgan fingerprint density at radius 1 is 1.07 bits per heavy atom. The van der Waals surface area contributed by atoms with Crippen molar-refractivity contribution in [3.8, 4) is 0 Å². The minimum absolute atomic E-state index is 0.107. The van der Waals surface area contributed by atoms with Crippen LogP contribution >= 0.6 is 0 Å². The lowest BCUT2D eigenvalue weighted by molar-refractivity contribution is -0.403. The number of carbonyl (C=O) groups excluding carboxylic acids is 3. The molecule has 3 amide bonds. The van der Waals surface area contributed by atoms with E-state index in [1.165, 1.54) is 44.1 Å². The summed E-state index contributed by atoms with van der Waals surface area (Å²) in [6.07, 6.45) is 17.2. The molecule has 0 unspecified atom stereocenters. The minimum atomic E-state index is -3.41. The molecule has 4 N–H and O–H groups in total. The number of hydrogen-bond donors (Lipinski definition) is 4. The van der Waals surface area contributed by atoms with Gasteiger partial charge >= 0.3 is 6.03 Å². The summed E-state index contributed by atoms with van der Waals surface area (Å²) in [7, 11) is -0.264. The van der Waals surface area contributed by atoms with Gasteiger partial charge in [-0.15, -0.1) is 4.99 Å². The summed E-state index contributed by atoms with van der Waals surface area (Å²) >= 11 is 0. The number of sulfone groups is 1. The first-order valence-electron chi connectivity index (χ1n) is 16.6. The second-order valence-electron chi connectivity index (χ2n) is 12.1. The molecule has 1 aliphatic heterocycles. The van der Waals surface area contributed by atoms with Gasteiger partial charge in [-0.05, 0) is 65.7 Å². The molecule has 13 heteroatoms. The van der Waals surface area contributed by atoms with Gasteiger partial charge in [0.15, 0.2) is 9.84 Å². The van der Waals surface area contributed by atoms with Crippen LogP contribution in [0.3, 0.4) is 0 Å². The van der Waals surface area contributed by atoms with Crippen LogP contribution in [0.1, 0.15) is 126 Å². The highest BCUT2D eigenvalue weighted by atomic mass is 32.2. The number of aldehydes is 1. The molecule has 0 aromatic carbocycles. The third kappa shape index (κ3) is 19.3. The van der Waals surface area contributed by atoms with Gasteiger partial charge in [0.05, 0.1) is 28.6 Å². The van der Waals surface area contributed by atoms with E-state index in [0.29, 0.717) is 25.8 Å². The molecule has 1 atom stereocenters. The molecule has 0 spiro atoms. The highest BCUT2D eigenvalue weighted by Gasteiger charge is 2.42. The predicted octanol–water partition coefficient (Wildman–Crippen LogP) is 5.41. The molecule has 1 saturated heterocycles. The van der Waals surface area contributed by atoms with Crippen molar-refractivity contribution in [2.24, 2.45) is 0 Å². The van der Waals surface area contributed by atoms with Crippen LogP contribution < -0.4 is 16.1 Å². The predicted molar refractivity (Wildman–Crippen MR) is 182 cm³/mol. The van der Waals surface area contributed by atoms with Crippen molar-refractivity contribution in [2.75, 3.05) is 32.9 Å². The smallest absolute Gasteiger partial charge is 0.315 e. The number of nitrogens with one attached hydrogen (secondary N) is 3. The zero-order chi connectivity index (χ0) is 34.9. The molecule has 2 aliphatic rings. The monoisotopic (exact) mass is 663 g/mol. The summed E-state index contributed by atoms with van der Waals surface area (Å²) in [5, 5.41) is 14.2. The Morgan fingerprint density at radius 2 is 1.69 bits per heavy atom. The first-order chi connectivity index (χ1) is 21.2. The average molecular weight is 664 g/mol. The van der Waals surface area contributed by atoms with Crippen molar-refractivity contribution in [3.05, 3.63) is 12.2 Å². The molecular weight excluding hydrogens is 598 g/mol. The zero-order valence-electron chi connectivity index (χ0n) is 29.6. The van der Waals surface area contributed by atoms with Crippen LogP contribution in [0.5, 0.6) is 0 Å². The fourth-order valence-electron chi connectivity index (χ4n) is 4.74. The van der Waals surface area contributed by atoms with Gasteiger partial charge in [-0.2, -0.15) is 0 Å². The number of unbranched alkanes of at least 4 members (excludes halogenated alkanes) is 3. The first kappa shape index (κ1) is 45.1. The van der Waals surface area contributed by atoms with Gasteiger partial charge in [-0.3, -0.25) is 4.79 Å². The van der Waals surface area contributed by atoms with Crippen molar-refractivity contribution in [1.29, 1.82) is 0 Å². The van der Waals surface area contributed by atoms with Crippen LogP contribution in [0.15, 0.2) is 12.2 Å². The number of likely N-dealkylation sites (tertiary alicyclic amines) is 1. The fourth-order valence-corrected chi connectivity index (χ4v) is 6.26.